The van der Waals surface area contributed by atoms with Crippen molar-refractivity contribution in [1.29, 1.82) is 0 Å². The Kier molecular flexibility index (Phi) is 5.75. The maximum atomic E-state index is 14.2. The minimum absolute atomic E-state index is 0.0232. The number of methoxy groups -OCH3 is 2. The molecule has 0 aliphatic heterocycles. The summed E-state index contributed by atoms with van der Waals surface area (Å²) in [4.78, 5) is 30.1. The number of ether oxygens (including phenoxy) is 2. The van der Waals surface area contributed by atoms with Gasteiger partial charge in [0, 0.05) is 18.6 Å². The van der Waals surface area contributed by atoms with E-state index in [0.29, 0.717) is 33.1 Å². The van der Waals surface area contributed by atoms with Crippen LogP contribution in [0, 0.1) is 0 Å². The lowest BCUT2D eigenvalue weighted by atomic mass is 10.0. The van der Waals surface area contributed by atoms with E-state index in [2.05, 4.69) is 25.0 Å². The molecule has 6 aromatic rings. The van der Waals surface area contributed by atoms with Crippen molar-refractivity contribution in [3.8, 4) is 34.4 Å². The Labute approximate surface area is 223 Å². The molecular formula is C26H19F3N8O3. The van der Waals surface area contributed by atoms with Crippen LogP contribution in [0.5, 0.6) is 11.9 Å². The topological polar surface area (TPSA) is 115 Å². The van der Waals surface area contributed by atoms with Gasteiger partial charge in [0.2, 0.25) is 5.88 Å². The monoisotopic (exact) mass is 548 g/mol. The molecular weight excluding hydrogens is 529 g/mol. The fourth-order valence-electron chi connectivity index (χ4n) is 4.63. The zero-order valence-corrected chi connectivity index (χ0v) is 21.2. The van der Waals surface area contributed by atoms with Crippen LogP contribution < -0.4 is 15.2 Å². The summed E-state index contributed by atoms with van der Waals surface area (Å²) in [5.41, 5.74) is 0.818. The van der Waals surface area contributed by atoms with Gasteiger partial charge in [0.25, 0.3) is 0 Å². The molecule has 0 radical (unpaired) electrons. The van der Waals surface area contributed by atoms with Crippen LogP contribution in [0.15, 0.2) is 66.2 Å². The molecule has 6 rings (SSSR count). The van der Waals surface area contributed by atoms with Gasteiger partial charge in [-0.1, -0.05) is 6.07 Å². The van der Waals surface area contributed by atoms with Gasteiger partial charge in [0.1, 0.15) is 12.7 Å². The van der Waals surface area contributed by atoms with Crippen molar-refractivity contribution in [1.82, 2.24) is 38.9 Å². The van der Waals surface area contributed by atoms with Gasteiger partial charge in [-0.2, -0.15) is 23.3 Å². The Bertz CT molecular complexity index is 1960. The summed E-state index contributed by atoms with van der Waals surface area (Å²) in [6.07, 6.45) is 0.638. The van der Waals surface area contributed by atoms with Crippen molar-refractivity contribution in [3.63, 3.8) is 0 Å². The highest BCUT2D eigenvalue weighted by atomic mass is 19.4. The first kappa shape index (κ1) is 25.0. The summed E-state index contributed by atoms with van der Waals surface area (Å²) in [6.45, 7) is 0. The summed E-state index contributed by atoms with van der Waals surface area (Å²) in [5.74, 6) is 0.260. The van der Waals surface area contributed by atoms with E-state index in [9.17, 15) is 18.0 Å². The van der Waals surface area contributed by atoms with Crippen LogP contribution in [0.1, 0.15) is 5.56 Å². The number of benzene rings is 2. The summed E-state index contributed by atoms with van der Waals surface area (Å²) >= 11 is 0. The molecule has 11 nitrogen and oxygen atoms in total. The Morgan fingerprint density at radius 2 is 1.80 bits per heavy atom. The number of hydrogen-bond acceptors (Lipinski definition) is 8. The van der Waals surface area contributed by atoms with E-state index in [1.54, 1.807) is 18.2 Å². The first-order valence-electron chi connectivity index (χ1n) is 11.7. The van der Waals surface area contributed by atoms with Gasteiger partial charge in [0.05, 0.1) is 59.5 Å². The number of alkyl halides is 3. The number of pyridine rings is 1. The zero-order chi connectivity index (χ0) is 28.2. The number of hydrogen-bond donors (Lipinski definition) is 0. The molecule has 0 unspecified atom stereocenters. The molecule has 0 saturated carbocycles. The number of imidazole rings is 1. The molecule has 40 heavy (non-hydrogen) atoms. The lowest BCUT2D eigenvalue weighted by Crippen LogP contribution is -2.21. The summed E-state index contributed by atoms with van der Waals surface area (Å²) in [6, 6.07) is 9.03. The third-order valence-electron chi connectivity index (χ3n) is 6.51. The number of halogens is 3. The Morgan fingerprint density at radius 1 is 0.975 bits per heavy atom. The first-order chi connectivity index (χ1) is 19.2. The molecule has 2 aromatic carbocycles. The van der Waals surface area contributed by atoms with E-state index in [1.165, 1.54) is 61.3 Å². The lowest BCUT2D eigenvalue weighted by molar-refractivity contribution is -0.137. The zero-order valence-electron chi connectivity index (χ0n) is 21.2. The second kappa shape index (κ2) is 9.18. The van der Waals surface area contributed by atoms with Crippen LogP contribution in [0.25, 0.3) is 44.4 Å². The van der Waals surface area contributed by atoms with E-state index in [0.717, 1.165) is 17.1 Å². The molecule has 0 N–H and O–H groups in total. The first-order valence-corrected chi connectivity index (χ1v) is 11.7. The van der Waals surface area contributed by atoms with Gasteiger partial charge in [0.15, 0.2) is 0 Å². The van der Waals surface area contributed by atoms with Crippen molar-refractivity contribution in [3.05, 3.63) is 77.5 Å². The number of rotatable bonds is 5. The van der Waals surface area contributed by atoms with E-state index in [4.69, 9.17) is 9.47 Å². The molecule has 0 amide bonds. The molecule has 0 bridgehead atoms. The van der Waals surface area contributed by atoms with Crippen LogP contribution in [-0.2, 0) is 13.2 Å². The Morgan fingerprint density at radius 3 is 2.50 bits per heavy atom. The van der Waals surface area contributed by atoms with Crippen LogP contribution in [0.4, 0.5) is 13.2 Å². The van der Waals surface area contributed by atoms with Crippen LogP contribution in [0.2, 0.25) is 0 Å². The quantitative estimate of drug-likeness (QED) is 0.318. The third-order valence-corrected chi connectivity index (χ3v) is 6.51. The summed E-state index contributed by atoms with van der Waals surface area (Å²) in [7, 11) is 4.43. The number of aromatic nitrogens is 8. The van der Waals surface area contributed by atoms with Gasteiger partial charge in [-0.25, -0.2) is 19.4 Å². The van der Waals surface area contributed by atoms with Crippen LogP contribution in [-0.4, -0.2) is 53.1 Å². The van der Waals surface area contributed by atoms with Gasteiger partial charge >= 0.3 is 17.9 Å². The van der Waals surface area contributed by atoms with Crippen LogP contribution in [0.3, 0.4) is 0 Å². The van der Waals surface area contributed by atoms with E-state index < -0.39 is 17.4 Å². The third kappa shape index (κ3) is 3.92. The Hall–Kier alpha value is -5.27. The molecule has 14 heteroatoms. The molecule has 0 atom stereocenters. The molecule has 202 valence electrons. The average molecular weight is 548 g/mol. The number of nitrogens with zero attached hydrogens (tertiary/aromatic N) is 8. The predicted molar refractivity (Wildman–Crippen MR) is 138 cm³/mol. The second-order valence-electron chi connectivity index (χ2n) is 8.72. The molecule has 0 aliphatic rings. The molecule has 4 heterocycles. The van der Waals surface area contributed by atoms with Crippen molar-refractivity contribution >= 4 is 21.9 Å². The smallest absolute Gasteiger partial charge is 0.418 e. The van der Waals surface area contributed by atoms with Gasteiger partial charge in [-0.3, -0.25) is 14.1 Å². The predicted octanol–water partition coefficient (Wildman–Crippen LogP) is 3.95. The second-order valence-corrected chi connectivity index (χ2v) is 8.72. The van der Waals surface area contributed by atoms with Crippen molar-refractivity contribution in [2.24, 2.45) is 7.05 Å². The van der Waals surface area contributed by atoms with Gasteiger partial charge in [-0.15, -0.1) is 0 Å². The maximum Gasteiger partial charge on any atom is 0.418 e. The van der Waals surface area contributed by atoms with Crippen molar-refractivity contribution < 1.29 is 22.6 Å². The van der Waals surface area contributed by atoms with Crippen molar-refractivity contribution in [2.75, 3.05) is 14.2 Å². The highest BCUT2D eigenvalue weighted by Gasteiger charge is 2.35. The normalized spacial score (nSPS) is 11.8. The molecule has 4 aromatic heterocycles. The minimum Gasteiger partial charge on any atom is -0.480 e. The summed E-state index contributed by atoms with van der Waals surface area (Å²) < 4.78 is 56.6. The fourth-order valence-corrected chi connectivity index (χ4v) is 4.63. The largest absolute Gasteiger partial charge is 0.480 e. The van der Waals surface area contributed by atoms with Crippen LogP contribution >= 0.6 is 0 Å². The van der Waals surface area contributed by atoms with E-state index >= 15 is 0 Å². The van der Waals surface area contributed by atoms with E-state index in [1.807, 2.05) is 0 Å². The maximum absolute atomic E-state index is 14.2. The highest BCUT2D eigenvalue weighted by Crippen LogP contribution is 2.37. The van der Waals surface area contributed by atoms with Gasteiger partial charge in [-0.05, 0) is 35.9 Å². The van der Waals surface area contributed by atoms with Crippen molar-refractivity contribution in [2.45, 2.75) is 6.18 Å². The molecule has 0 saturated heterocycles. The number of aryl methyl sites for hydroxylation is 1. The lowest BCUT2D eigenvalue weighted by Gasteiger charge is -2.15. The SMILES string of the molecule is COc1ncc(-c2ccc3ncc4c(c3c2)n(-c2ccc(-n3cncn3)c(C(F)(F)F)c2)c(=O)n4C)c(OC)n1. The Balaban J connectivity index is 1.63. The molecule has 0 fully saturated rings. The fraction of sp³-hybridized carbons (Fsp3) is 0.154. The standard InChI is InChI=1S/C26H19F3N8O3/c1-35-21-11-31-19-6-4-14(17-10-32-24(40-3)34-23(17)39-2)8-16(19)22(21)37(25(35)38)15-5-7-20(36-13-30-12-33-36)18(9-15)26(27,28)29/h4-13H,1-3H3. The summed E-state index contributed by atoms with van der Waals surface area (Å²) in [5, 5.41) is 4.36. The number of fused-ring (bicyclic) bond motifs is 3. The average Bonchev–Trinajstić information content (AvgIpc) is 3.59. The highest BCUT2D eigenvalue weighted by molar-refractivity contribution is 6.04. The molecule has 0 aliphatic carbocycles. The van der Waals surface area contributed by atoms with Gasteiger partial charge < -0.3 is 9.47 Å². The minimum atomic E-state index is -4.73. The van der Waals surface area contributed by atoms with E-state index in [-0.39, 0.29) is 23.3 Å². The molecule has 0 spiro atoms.